The molecule has 0 aliphatic carbocycles. The molecule has 0 aliphatic rings. The lowest BCUT2D eigenvalue weighted by Gasteiger charge is -2.12. The van der Waals surface area contributed by atoms with Crippen molar-refractivity contribution in [2.75, 3.05) is 0 Å². The van der Waals surface area contributed by atoms with Crippen LogP contribution < -0.4 is 0 Å². The van der Waals surface area contributed by atoms with Crippen LogP contribution in [0.1, 0.15) is 6.92 Å². The van der Waals surface area contributed by atoms with Crippen molar-refractivity contribution in [2.45, 2.75) is 6.92 Å². The first kappa shape index (κ1) is 10.7. The van der Waals surface area contributed by atoms with E-state index in [0.717, 1.165) is 0 Å². The highest BCUT2D eigenvalue weighted by molar-refractivity contribution is 5.73. The summed E-state index contributed by atoms with van der Waals surface area (Å²) in [5, 5.41) is 8.75. The quantitative estimate of drug-likeness (QED) is 0.636. The third-order valence-corrected chi connectivity index (χ3v) is 1.64. The van der Waals surface area contributed by atoms with Crippen LogP contribution in [0.3, 0.4) is 0 Å². The zero-order valence-corrected chi connectivity index (χ0v) is 7.23. The van der Waals surface area contributed by atoms with Gasteiger partial charge in [-0.25, -0.2) is 0 Å². The monoisotopic (exact) mass is 166 g/mol. The van der Waals surface area contributed by atoms with E-state index in [4.69, 9.17) is 5.11 Å². The summed E-state index contributed by atoms with van der Waals surface area (Å²) in [4.78, 5) is 10.7. The summed E-state index contributed by atoms with van der Waals surface area (Å²) in [6, 6.07) is 0. The summed E-state index contributed by atoms with van der Waals surface area (Å²) in [6.45, 7) is 8.89. The Labute approximate surface area is 72.9 Å². The Balaban J connectivity index is 4.54. The number of carboxylic acid groups (broad SMARTS) is 1. The number of allylic oxidation sites excluding steroid dienone is 3. The van der Waals surface area contributed by atoms with Crippen LogP contribution in [0.25, 0.3) is 0 Å². The molecular formula is C10H14O2. The normalized spacial score (nSPS) is 15.4. The van der Waals surface area contributed by atoms with E-state index in [2.05, 4.69) is 13.2 Å². The first-order valence-electron chi connectivity index (χ1n) is 3.78. The molecule has 2 heteroatoms. The molecule has 0 bridgehead atoms. The lowest BCUT2D eigenvalue weighted by Crippen LogP contribution is -2.18. The SMILES string of the molecule is C=CC(/C=C/C)C(C=C)C(=O)O. The highest BCUT2D eigenvalue weighted by Crippen LogP contribution is 2.16. The van der Waals surface area contributed by atoms with Crippen LogP contribution in [0.5, 0.6) is 0 Å². The van der Waals surface area contributed by atoms with Crippen LogP contribution in [0, 0.1) is 11.8 Å². The van der Waals surface area contributed by atoms with Crippen LogP contribution in [-0.2, 0) is 4.79 Å². The lowest BCUT2D eigenvalue weighted by molar-refractivity contribution is -0.140. The van der Waals surface area contributed by atoms with Gasteiger partial charge >= 0.3 is 5.97 Å². The van der Waals surface area contributed by atoms with Gasteiger partial charge in [0.25, 0.3) is 0 Å². The van der Waals surface area contributed by atoms with Gasteiger partial charge in [-0.05, 0) is 6.92 Å². The third-order valence-electron chi connectivity index (χ3n) is 1.64. The Hall–Kier alpha value is -1.31. The molecule has 0 saturated heterocycles. The Kier molecular flexibility index (Phi) is 4.77. The van der Waals surface area contributed by atoms with Gasteiger partial charge in [0.15, 0.2) is 0 Å². The van der Waals surface area contributed by atoms with E-state index >= 15 is 0 Å². The molecular weight excluding hydrogens is 152 g/mol. The second kappa shape index (κ2) is 5.35. The van der Waals surface area contributed by atoms with E-state index in [1.807, 2.05) is 13.0 Å². The van der Waals surface area contributed by atoms with Crippen LogP contribution in [0.15, 0.2) is 37.5 Å². The summed E-state index contributed by atoms with van der Waals surface area (Å²) < 4.78 is 0. The van der Waals surface area contributed by atoms with Gasteiger partial charge in [-0.3, -0.25) is 4.79 Å². The average molecular weight is 166 g/mol. The van der Waals surface area contributed by atoms with Crippen molar-refractivity contribution in [3.63, 3.8) is 0 Å². The first-order chi connectivity index (χ1) is 5.67. The molecule has 0 spiro atoms. The topological polar surface area (TPSA) is 37.3 Å². The van der Waals surface area contributed by atoms with Crippen molar-refractivity contribution < 1.29 is 9.90 Å². The predicted molar refractivity (Wildman–Crippen MR) is 49.8 cm³/mol. The molecule has 2 atom stereocenters. The maximum absolute atomic E-state index is 10.7. The van der Waals surface area contributed by atoms with E-state index in [1.54, 1.807) is 12.2 Å². The zero-order chi connectivity index (χ0) is 9.56. The van der Waals surface area contributed by atoms with Gasteiger partial charge in [0, 0.05) is 5.92 Å². The Morgan fingerprint density at radius 2 is 2.00 bits per heavy atom. The van der Waals surface area contributed by atoms with Gasteiger partial charge in [-0.1, -0.05) is 24.3 Å². The Morgan fingerprint density at radius 3 is 2.25 bits per heavy atom. The second-order valence-electron chi connectivity index (χ2n) is 2.44. The molecule has 1 N–H and O–H groups in total. The van der Waals surface area contributed by atoms with Gasteiger partial charge in [0.2, 0.25) is 0 Å². The van der Waals surface area contributed by atoms with Gasteiger partial charge in [0.1, 0.15) is 0 Å². The first-order valence-corrected chi connectivity index (χ1v) is 3.78. The molecule has 0 heterocycles. The molecule has 66 valence electrons. The fraction of sp³-hybridized carbons (Fsp3) is 0.300. The summed E-state index contributed by atoms with van der Waals surface area (Å²) in [7, 11) is 0. The number of hydrogen-bond donors (Lipinski definition) is 1. The maximum Gasteiger partial charge on any atom is 0.311 e. The van der Waals surface area contributed by atoms with E-state index in [1.165, 1.54) is 6.08 Å². The molecule has 2 unspecified atom stereocenters. The standard InChI is InChI=1S/C10H14O2/c1-4-7-8(5-2)9(6-3)10(11)12/h4-9H,2-3H2,1H3,(H,11,12)/b7-4+. The van der Waals surface area contributed by atoms with E-state index in [0.29, 0.717) is 0 Å². The van der Waals surface area contributed by atoms with Crippen molar-refractivity contribution >= 4 is 5.97 Å². The summed E-state index contributed by atoms with van der Waals surface area (Å²) >= 11 is 0. The molecule has 0 saturated carbocycles. The van der Waals surface area contributed by atoms with Gasteiger partial charge < -0.3 is 5.11 Å². The fourth-order valence-electron chi connectivity index (χ4n) is 0.990. The minimum atomic E-state index is -0.868. The van der Waals surface area contributed by atoms with Crippen LogP contribution in [-0.4, -0.2) is 11.1 Å². The number of hydrogen-bond acceptors (Lipinski definition) is 1. The minimum absolute atomic E-state index is 0.162. The number of carbonyl (C=O) groups is 1. The maximum atomic E-state index is 10.7. The van der Waals surface area contributed by atoms with Crippen molar-refractivity contribution in [2.24, 2.45) is 11.8 Å². The largest absolute Gasteiger partial charge is 0.481 e. The van der Waals surface area contributed by atoms with Crippen LogP contribution in [0.2, 0.25) is 0 Å². The molecule has 0 amide bonds. The average Bonchev–Trinajstić information content (AvgIpc) is 2.03. The molecule has 2 nitrogen and oxygen atoms in total. The molecule has 0 rings (SSSR count). The number of aliphatic carboxylic acids is 1. The molecule has 0 aliphatic heterocycles. The smallest absolute Gasteiger partial charge is 0.311 e. The van der Waals surface area contributed by atoms with E-state index in [-0.39, 0.29) is 5.92 Å². The van der Waals surface area contributed by atoms with Gasteiger partial charge in [-0.15, -0.1) is 13.2 Å². The van der Waals surface area contributed by atoms with Crippen molar-refractivity contribution in [1.29, 1.82) is 0 Å². The summed E-state index contributed by atoms with van der Waals surface area (Å²) in [6.07, 6.45) is 6.65. The zero-order valence-electron chi connectivity index (χ0n) is 7.23. The number of rotatable bonds is 5. The second-order valence-corrected chi connectivity index (χ2v) is 2.44. The molecule has 0 fully saturated rings. The highest BCUT2D eigenvalue weighted by atomic mass is 16.4. The Morgan fingerprint density at radius 1 is 1.42 bits per heavy atom. The third kappa shape index (κ3) is 2.74. The van der Waals surface area contributed by atoms with Crippen molar-refractivity contribution in [3.8, 4) is 0 Å². The number of carboxylic acids is 1. The molecule has 0 aromatic rings. The van der Waals surface area contributed by atoms with Gasteiger partial charge in [-0.2, -0.15) is 0 Å². The lowest BCUT2D eigenvalue weighted by atomic mass is 9.92. The molecule has 0 aromatic carbocycles. The predicted octanol–water partition coefficient (Wildman–Crippen LogP) is 2.25. The van der Waals surface area contributed by atoms with E-state index < -0.39 is 11.9 Å². The van der Waals surface area contributed by atoms with Crippen molar-refractivity contribution in [1.82, 2.24) is 0 Å². The molecule has 0 aromatic heterocycles. The Bertz CT molecular complexity index is 204. The van der Waals surface area contributed by atoms with Gasteiger partial charge in [0.05, 0.1) is 5.92 Å². The molecule has 0 radical (unpaired) electrons. The molecule has 12 heavy (non-hydrogen) atoms. The fourth-order valence-corrected chi connectivity index (χ4v) is 0.990. The van der Waals surface area contributed by atoms with Crippen molar-refractivity contribution in [3.05, 3.63) is 37.5 Å². The summed E-state index contributed by atoms with van der Waals surface area (Å²) in [5.41, 5.74) is 0. The summed E-state index contributed by atoms with van der Waals surface area (Å²) in [5.74, 6) is -1.60. The van der Waals surface area contributed by atoms with Crippen LogP contribution in [0.4, 0.5) is 0 Å². The minimum Gasteiger partial charge on any atom is -0.481 e. The highest BCUT2D eigenvalue weighted by Gasteiger charge is 2.19. The van der Waals surface area contributed by atoms with E-state index in [9.17, 15) is 4.79 Å². The van der Waals surface area contributed by atoms with Crippen LogP contribution >= 0.6 is 0 Å².